The second kappa shape index (κ2) is 6.06. The normalized spacial score (nSPS) is 20.4. The van der Waals surface area contributed by atoms with E-state index in [1.165, 1.54) is 18.5 Å². The number of rotatable bonds is 6. The summed E-state index contributed by atoms with van der Waals surface area (Å²) in [6.07, 6.45) is 4.57. The number of hydrogen-bond donors (Lipinski definition) is 1. The molecule has 2 heterocycles. The van der Waals surface area contributed by atoms with Crippen LogP contribution in [0.15, 0.2) is 18.3 Å². The molecule has 0 aliphatic carbocycles. The van der Waals surface area contributed by atoms with E-state index in [0.717, 1.165) is 38.8 Å². The quantitative estimate of drug-likeness (QED) is 0.797. The topological polar surface area (TPSA) is 26.2 Å². The third-order valence-corrected chi connectivity index (χ3v) is 3.15. The van der Waals surface area contributed by atoms with Gasteiger partial charge in [0.15, 0.2) is 0 Å². The Kier molecular flexibility index (Phi) is 4.43. The zero-order valence-electron chi connectivity index (χ0n) is 10.1. The molecule has 90 valence electrons. The Labute approximate surface area is 97.8 Å². The highest BCUT2D eigenvalue weighted by Gasteiger charge is 2.14. The van der Waals surface area contributed by atoms with Gasteiger partial charge in [-0.2, -0.15) is 0 Å². The van der Waals surface area contributed by atoms with Crippen molar-refractivity contribution in [2.45, 2.75) is 32.9 Å². The minimum Gasteiger partial charge on any atom is -0.381 e. The molecule has 1 aromatic rings. The van der Waals surface area contributed by atoms with Gasteiger partial charge in [0.2, 0.25) is 0 Å². The van der Waals surface area contributed by atoms with Gasteiger partial charge in [-0.05, 0) is 30.9 Å². The fourth-order valence-corrected chi connectivity index (χ4v) is 2.22. The average molecular weight is 222 g/mol. The molecule has 0 radical (unpaired) electrons. The first-order valence-corrected chi connectivity index (χ1v) is 6.32. The summed E-state index contributed by atoms with van der Waals surface area (Å²) in [6.45, 7) is 7.27. The summed E-state index contributed by atoms with van der Waals surface area (Å²) in [5.41, 5.74) is 1.39. The Morgan fingerprint density at radius 2 is 2.50 bits per heavy atom. The summed E-state index contributed by atoms with van der Waals surface area (Å²) in [4.78, 5) is 0. The summed E-state index contributed by atoms with van der Waals surface area (Å²) in [6, 6.07) is 4.33. The lowest BCUT2D eigenvalue weighted by molar-refractivity contribution is 0.185. The van der Waals surface area contributed by atoms with Crippen LogP contribution in [0.3, 0.4) is 0 Å². The molecule has 1 atom stereocenters. The Bertz CT molecular complexity index is 303. The molecule has 2 rings (SSSR count). The van der Waals surface area contributed by atoms with E-state index in [0.29, 0.717) is 0 Å². The third kappa shape index (κ3) is 3.09. The summed E-state index contributed by atoms with van der Waals surface area (Å²) >= 11 is 0. The molecule has 16 heavy (non-hydrogen) atoms. The maximum absolute atomic E-state index is 5.36. The Balaban J connectivity index is 1.73. The van der Waals surface area contributed by atoms with Gasteiger partial charge in [0, 0.05) is 38.1 Å². The van der Waals surface area contributed by atoms with Crippen LogP contribution in [0.25, 0.3) is 0 Å². The van der Waals surface area contributed by atoms with E-state index in [9.17, 15) is 0 Å². The predicted octanol–water partition coefficient (Wildman–Crippen LogP) is 2.02. The summed E-state index contributed by atoms with van der Waals surface area (Å²) in [5.74, 6) is 0.717. The van der Waals surface area contributed by atoms with E-state index in [2.05, 4.69) is 35.1 Å². The van der Waals surface area contributed by atoms with Crippen LogP contribution < -0.4 is 5.32 Å². The SMILES string of the molecule is CCCn1cccc1CNCC1CCOC1. The monoisotopic (exact) mass is 222 g/mol. The molecule has 1 unspecified atom stereocenters. The molecule has 1 aliphatic rings. The number of aromatic nitrogens is 1. The molecule has 3 heteroatoms. The molecule has 0 aromatic carbocycles. The van der Waals surface area contributed by atoms with Gasteiger partial charge >= 0.3 is 0 Å². The Hall–Kier alpha value is -0.800. The largest absolute Gasteiger partial charge is 0.381 e. The van der Waals surface area contributed by atoms with Crippen molar-refractivity contribution in [1.82, 2.24) is 9.88 Å². The van der Waals surface area contributed by atoms with Crippen LogP contribution in [0, 0.1) is 5.92 Å². The van der Waals surface area contributed by atoms with Crippen molar-refractivity contribution in [2.24, 2.45) is 5.92 Å². The molecule has 1 aliphatic heterocycles. The standard InChI is InChI=1S/C13H22N2O/c1-2-6-15-7-3-4-13(15)10-14-9-12-5-8-16-11-12/h3-4,7,12,14H,2,5-6,8-11H2,1H3. The van der Waals surface area contributed by atoms with E-state index in [1.54, 1.807) is 0 Å². The van der Waals surface area contributed by atoms with E-state index < -0.39 is 0 Å². The number of hydrogen-bond acceptors (Lipinski definition) is 2. The van der Waals surface area contributed by atoms with Crippen LogP contribution in [0.1, 0.15) is 25.5 Å². The van der Waals surface area contributed by atoms with Gasteiger partial charge in [-0.3, -0.25) is 0 Å². The van der Waals surface area contributed by atoms with Crippen molar-refractivity contribution in [1.29, 1.82) is 0 Å². The summed E-state index contributed by atoms with van der Waals surface area (Å²) in [7, 11) is 0. The fraction of sp³-hybridized carbons (Fsp3) is 0.692. The second-order valence-corrected chi connectivity index (χ2v) is 4.55. The summed E-state index contributed by atoms with van der Waals surface area (Å²) in [5, 5.41) is 3.53. The van der Waals surface area contributed by atoms with Crippen molar-refractivity contribution in [3.63, 3.8) is 0 Å². The molecule has 3 nitrogen and oxygen atoms in total. The van der Waals surface area contributed by atoms with Crippen LogP contribution in [0.2, 0.25) is 0 Å². The highest BCUT2D eigenvalue weighted by Crippen LogP contribution is 2.11. The van der Waals surface area contributed by atoms with Crippen LogP contribution in [-0.4, -0.2) is 24.3 Å². The van der Waals surface area contributed by atoms with Crippen molar-refractivity contribution >= 4 is 0 Å². The smallest absolute Gasteiger partial charge is 0.0507 e. The lowest BCUT2D eigenvalue weighted by atomic mass is 10.1. The minimum absolute atomic E-state index is 0.717. The molecule has 0 amide bonds. The van der Waals surface area contributed by atoms with Gasteiger partial charge in [-0.1, -0.05) is 6.92 Å². The van der Waals surface area contributed by atoms with Crippen LogP contribution in [-0.2, 0) is 17.8 Å². The van der Waals surface area contributed by atoms with Gasteiger partial charge in [-0.25, -0.2) is 0 Å². The van der Waals surface area contributed by atoms with Gasteiger partial charge in [-0.15, -0.1) is 0 Å². The van der Waals surface area contributed by atoms with Gasteiger partial charge in [0.1, 0.15) is 0 Å². The van der Waals surface area contributed by atoms with E-state index >= 15 is 0 Å². The zero-order valence-corrected chi connectivity index (χ0v) is 10.1. The van der Waals surface area contributed by atoms with Crippen LogP contribution in [0.5, 0.6) is 0 Å². The lowest BCUT2D eigenvalue weighted by Crippen LogP contribution is -2.23. The molecule has 0 bridgehead atoms. The number of nitrogens with zero attached hydrogens (tertiary/aromatic N) is 1. The van der Waals surface area contributed by atoms with Crippen molar-refractivity contribution < 1.29 is 4.74 Å². The molecule has 1 fully saturated rings. The molecule has 1 saturated heterocycles. The van der Waals surface area contributed by atoms with Crippen LogP contribution >= 0.6 is 0 Å². The van der Waals surface area contributed by atoms with E-state index in [1.807, 2.05) is 0 Å². The Morgan fingerprint density at radius 1 is 1.56 bits per heavy atom. The third-order valence-electron chi connectivity index (χ3n) is 3.15. The minimum atomic E-state index is 0.717. The highest BCUT2D eigenvalue weighted by molar-refractivity contribution is 5.06. The van der Waals surface area contributed by atoms with E-state index in [-0.39, 0.29) is 0 Å². The van der Waals surface area contributed by atoms with E-state index in [4.69, 9.17) is 4.74 Å². The predicted molar refractivity (Wildman–Crippen MR) is 65.4 cm³/mol. The first-order chi connectivity index (χ1) is 7.90. The zero-order chi connectivity index (χ0) is 11.2. The molecule has 0 saturated carbocycles. The average Bonchev–Trinajstić information content (AvgIpc) is 2.91. The molecule has 1 aromatic heterocycles. The fourth-order valence-electron chi connectivity index (χ4n) is 2.22. The highest BCUT2D eigenvalue weighted by atomic mass is 16.5. The molecular weight excluding hydrogens is 200 g/mol. The van der Waals surface area contributed by atoms with Gasteiger partial charge in [0.25, 0.3) is 0 Å². The molecule has 1 N–H and O–H groups in total. The van der Waals surface area contributed by atoms with Crippen molar-refractivity contribution in [3.8, 4) is 0 Å². The van der Waals surface area contributed by atoms with Gasteiger partial charge < -0.3 is 14.6 Å². The first kappa shape index (κ1) is 11.7. The van der Waals surface area contributed by atoms with Crippen molar-refractivity contribution in [3.05, 3.63) is 24.0 Å². The number of ether oxygens (including phenoxy) is 1. The number of nitrogens with one attached hydrogen (secondary N) is 1. The first-order valence-electron chi connectivity index (χ1n) is 6.32. The summed E-state index contributed by atoms with van der Waals surface area (Å²) < 4.78 is 7.69. The molecular formula is C13H22N2O. The maximum atomic E-state index is 5.36. The molecule has 0 spiro atoms. The van der Waals surface area contributed by atoms with Crippen molar-refractivity contribution in [2.75, 3.05) is 19.8 Å². The maximum Gasteiger partial charge on any atom is 0.0507 e. The number of aryl methyl sites for hydroxylation is 1. The lowest BCUT2D eigenvalue weighted by Gasteiger charge is -2.11. The van der Waals surface area contributed by atoms with Gasteiger partial charge in [0.05, 0.1) is 6.61 Å². The Morgan fingerprint density at radius 3 is 3.25 bits per heavy atom. The second-order valence-electron chi connectivity index (χ2n) is 4.55. The van der Waals surface area contributed by atoms with Crippen LogP contribution in [0.4, 0.5) is 0 Å².